The van der Waals surface area contributed by atoms with Crippen molar-refractivity contribution in [3.8, 4) is 5.75 Å². The summed E-state index contributed by atoms with van der Waals surface area (Å²) in [4.78, 5) is 13.3. The molecule has 0 radical (unpaired) electrons. The predicted octanol–water partition coefficient (Wildman–Crippen LogP) is 2.99. The van der Waals surface area contributed by atoms with Gasteiger partial charge in [0.25, 0.3) is 0 Å². The van der Waals surface area contributed by atoms with E-state index >= 15 is 0 Å². The summed E-state index contributed by atoms with van der Waals surface area (Å²) in [5, 5.41) is 0. The third-order valence-electron chi connectivity index (χ3n) is 4.09. The fraction of sp³-hybridized carbons (Fsp3) is 0.562. The van der Waals surface area contributed by atoms with Gasteiger partial charge in [-0.3, -0.25) is 9.69 Å². The van der Waals surface area contributed by atoms with Gasteiger partial charge >= 0.3 is 0 Å². The van der Waals surface area contributed by atoms with E-state index in [1.807, 2.05) is 12.1 Å². The van der Waals surface area contributed by atoms with Gasteiger partial charge < -0.3 is 4.74 Å². The van der Waals surface area contributed by atoms with Crippen LogP contribution in [0.2, 0.25) is 0 Å². The van der Waals surface area contributed by atoms with Crippen LogP contribution in [-0.4, -0.2) is 31.4 Å². The number of hydrogen-bond acceptors (Lipinski definition) is 3. The smallest absolute Gasteiger partial charge is 0.150 e. The number of carbonyl (C=O) groups is 1. The fourth-order valence-electron chi connectivity index (χ4n) is 2.79. The monoisotopic (exact) mass is 261 g/mol. The minimum Gasteiger partial charge on any atom is -0.496 e. The van der Waals surface area contributed by atoms with E-state index in [0.717, 1.165) is 54.6 Å². The summed E-state index contributed by atoms with van der Waals surface area (Å²) in [5.41, 5.74) is 1.83. The number of nitrogens with zero attached hydrogens (tertiary/aromatic N) is 1. The van der Waals surface area contributed by atoms with Crippen LogP contribution in [0.5, 0.6) is 5.75 Å². The highest BCUT2D eigenvalue weighted by molar-refractivity contribution is 5.75. The van der Waals surface area contributed by atoms with Gasteiger partial charge in [0.05, 0.1) is 7.11 Å². The molecule has 0 bridgehead atoms. The third kappa shape index (κ3) is 3.35. The summed E-state index contributed by atoms with van der Waals surface area (Å²) in [5.74, 6) is 2.41. The highest BCUT2D eigenvalue weighted by Crippen LogP contribution is 2.27. The van der Waals surface area contributed by atoms with Crippen LogP contribution in [0.1, 0.15) is 36.2 Å². The quantitative estimate of drug-likeness (QED) is 0.763. The highest BCUT2D eigenvalue weighted by Gasteiger charge is 2.25. The van der Waals surface area contributed by atoms with Crippen molar-refractivity contribution in [3.05, 3.63) is 29.3 Å². The van der Waals surface area contributed by atoms with Gasteiger partial charge in [0.1, 0.15) is 12.0 Å². The number of ether oxygens (including phenoxy) is 1. The summed E-state index contributed by atoms with van der Waals surface area (Å²) >= 11 is 0. The topological polar surface area (TPSA) is 29.5 Å². The van der Waals surface area contributed by atoms with Crippen molar-refractivity contribution in [2.24, 2.45) is 11.8 Å². The van der Waals surface area contributed by atoms with Gasteiger partial charge in [-0.15, -0.1) is 0 Å². The Morgan fingerprint density at radius 1 is 1.47 bits per heavy atom. The molecule has 104 valence electrons. The lowest BCUT2D eigenvalue weighted by atomic mass is 9.95. The summed E-state index contributed by atoms with van der Waals surface area (Å²) < 4.78 is 5.39. The maximum atomic E-state index is 10.9. The molecule has 1 aromatic rings. The van der Waals surface area contributed by atoms with E-state index in [2.05, 4.69) is 18.7 Å². The molecule has 0 aromatic heterocycles. The van der Waals surface area contributed by atoms with Gasteiger partial charge in [-0.25, -0.2) is 0 Å². The molecule has 1 atom stereocenters. The standard InChI is InChI=1S/C16H23NO2/c1-12(2)14-6-7-17(9-14)10-15-8-13(11-18)4-5-16(15)19-3/h4-5,8,11-12,14H,6-7,9-10H2,1-3H3. The van der Waals surface area contributed by atoms with Crippen molar-refractivity contribution < 1.29 is 9.53 Å². The van der Waals surface area contributed by atoms with Crippen molar-refractivity contribution in [2.45, 2.75) is 26.8 Å². The number of aldehydes is 1. The molecule has 1 aliphatic rings. The first-order chi connectivity index (χ1) is 9.13. The van der Waals surface area contributed by atoms with Crippen LogP contribution in [0.15, 0.2) is 18.2 Å². The zero-order valence-electron chi connectivity index (χ0n) is 12.1. The second-order valence-corrected chi connectivity index (χ2v) is 5.72. The van der Waals surface area contributed by atoms with Gasteiger partial charge in [-0.05, 0) is 43.0 Å². The Hall–Kier alpha value is -1.35. The van der Waals surface area contributed by atoms with Crippen LogP contribution in [0.3, 0.4) is 0 Å². The molecule has 1 heterocycles. The van der Waals surface area contributed by atoms with Crippen LogP contribution < -0.4 is 4.74 Å². The van der Waals surface area contributed by atoms with Crippen LogP contribution in [0, 0.1) is 11.8 Å². The normalized spacial score (nSPS) is 19.9. The molecule has 1 aliphatic heterocycles. The van der Waals surface area contributed by atoms with Crippen LogP contribution in [0.25, 0.3) is 0 Å². The molecule has 2 rings (SSSR count). The van der Waals surface area contributed by atoms with Gasteiger partial charge in [-0.1, -0.05) is 13.8 Å². The lowest BCUT2D eigenvalue weighted by Gasteiger charge is -2.19. The van der Waals surface area contributed by atoms with E-state index in [9.17, 15) is 4.79 Å². The van der Waals surface area contributed by atoms with Crippen molar-refractivity contribution in [2.75, 3.05) is 20.2 Å². The van der Waals surface area contributed by atoms with Crippen molar-refractivity contribution in [1.29, 1.82) is 0 Å². The molecule has 19 heavy (non-hydrogen) atoms. The van der Waals surface area contributed by atoms with E-state index in [-0.39, 0.29) is 0 Å². The molecule has 3 heteroatoms. The molecule has 0 amide bonds. The maximum absolute atomic E-state index is 10.9. The molecule has 0 N–H and O–H groups in total. The zero-order valence-corrected chi connectivity index (χ0v) is 12.1. The largest absolute Gasteiger partial charge is 0.496 e. The Kier molecular flexibility index (Phi) is 4.59. The summed E-state index contributed by atoms with van der Waals surface area (Å²) in [7, 11) is 1.68. The fourth-order valence-corrected chi connectivity index (χ4v) is 2.79. The lowest BCUT2D eigenvalue weighted by Crippen LogP contribution is -2.21. The molecule has 1 fully saturated rings. The molecule has 1 aromatic carbocycles. The van der Waals surface area contributed by atoms with E-state index < -0.39 is 0 Å². The van der Waals surface area contributed by atoms with Crippen molar-refractivity contribution in [1.82, 2.24) is 4.90 Å². The average Bonchev–Trinajstić information content (AvgIpc) is 2.87. The Morgan fingerprint density at radius 2 is 2.26 bits per heavy atom. The summed E-state index contributed by atoms with van der Waals surface area (Å²) in [6, 6.07) is 5.62. The number of methoxy groups -OCH3 is 1. The Labute approximate surface area is 115 Å². The number of rotatable bonds is 5. The van der Waals surface area contributed by atoms with Crippen LogP contribution in [0.4, 0.5) is 0 Å². The van der Waals surface area contributed by atoms with Crippen LogP contribution in [-0.2, 0) is 6.54 Å². The van der Waals surface area contributed by atoms with Crippen molar-refractivity contribution in [3.63, 3.8) is 0 Å². The van der Waals surface area contributed by atoms with E-state index in [0.29, 0.717) is 0 Å². The molecular weight excluding hydrogens is 238 g/mol. The SMILES string of the molecule is COc1ccc(C=O)cc1CN1CCC(C(C)C)C1. The first kappa shape index (κ1) is 14.1. The maximum Gasteiger partial charge on any atom is 0.150 e. The molecule has 0 aliphatic carbocycles. The van der Waals surface area contributed by atoms with Gasteiger partial charge in [0.2, 0.25) is 0 Å². The lowest BCUT2D eigenvalue weighted by molar-refractivity contribution is 0.112. The molecule has 0 spiro atoms. The molecule has 1 unspecified atom stereocenters. The van der Waals surface area contributed by atoms with Gasteiger partial charge in [-0.2, -0.15) is 0 Å². The average molecular weight is 261 g/mol. The van der Waals surface area contributed by atoms with E-state index in [4.69, 9.17) is 4.74 Å². The Balaban J connectivity index is 2.08. The number of hydrogen-bond donors (Lipinski definition) is 0. The summed E-state index contributed by atoms with van der Waals surface area (Å²) in [6.45, 7) is 7.74. The number of benzene rings is 1. The van der Waals surface area contributed by atoms with Crippen molar-refractivity contribution >= 4 is 6.29 Å². The first-order valence-corrected chi connectivity index (χ1v) is 6.98. The third-order valence-corrected chi connectivity index (χ3v) is 4.09. The molecule has 1 saturated heterocycles. The number of likely N-dealkylation sites (tertiary alicyclic amines) is 1. The minimum atomic E-state index is 0.718. The second kappa shape index (κ2) is 6.20. The van der Waals surface area contributed by atoms with Gasteiger partial charge in [0.15, 0.2) is 0 Å². The molecular formula is C16H23NO2. The van der Waals surface area contributed by atoms with E-state index in [1.165, 1.54) is 6.42 Å². The minimum absolute atomic E-state index is 0.718. The van der Waals surface area contributed by atoms with E-state index in [1.54, 1.807) is 13.2 Å². The Bertz CT molecular complexity index is 442. The molecule has 3 nitrogen and oxygen atoms in total. The van der Waals surface area contributed by atoms with Crippen LogP contribution >= 0.6 is 0 Å². The highest BCUT2D eigenvalue weighted by atomic mass is 16.5. The van der Waals surface area contributed by atoms with Gasteiger partial charge in [0, 0.05) is 24.2 Å². The Morgan fingerprint density at radius 3 is 2.84 bits per heavy atom. The molecule has 0 saturated carbocycles. The second-order valence-electron chi connectivity index (χ2n) is 5.72. The zero-order chi connectivity index (χ0) is 13.8. The first-order valence-electron chi connectivity index (χ1n) is 6.98. The predicted molar refractivity (Wildman–Crippen MR) is 76.6 cm³/mol. The summed E-state index contributed by atoms with van der Waals surface area (Å²) in [6.07, 6.45) is 2.16. The number of carbonyl (C=O) groups excluding carboxylic acids is 1.